The van der Waals surface area contributed by atoms with Crippen LogP contribution in [-0.2, 0) is 20.4 Å². The lowest BCUT2D eigenvalue weighted by Crippen LogP contribution is -2.61. The standard InChI is InChI=1S/C25H29Cl2FN4O5S.H2S/c1-25(35,15-4-3-5-16(28)10-15)24(34)31-8-6-19(7-9-31)32-13-18(14-32)29-17-11-20(26)22(21(27)12-17)23(33)30-38(2,36)37;/h3-5,10-12,18-19,29,35H,6-9,13-14H2,1-2H3,(H,30,33);1H2/t25-;/m0./s1. The Balaban J connectivity index is 0.00000420. The van der Waals surface area contributed by atoms with Crippen molar-refractivity contribution in [2.45, 2.75) is 37.5 Å². The van der Waals surface area contributed by atoms with Crippen LogP contribution in [0.4, 0.5) is 10.1 Å². The quantitative estimate of drug-likeness (QED) is 0.435. The Bertz CT molecular complexity index is 1320. The summed E-state index contributed by atoms with van der Waals surface area (Å²) in [5, 5.41) is 14.2. The first-order valence-corrected chi connectivity index (χ1v) is 14.7. The molecule has 9 nitrogen and oxygen atoms in total. The molecule has 3 N–H and O–H groups in total. The number of hydrogen-bond donors (Lipinski definition) is 3. The predicted octanol–water partition coefficient (Wildman–Crippen LogP) is 2.93. The Hall–Kier alpha value is -2.09. The fourth-order valence-electron chi connectivity index (χ4n) is 4.89. The fraction of sp³-hybridized carbons (Fsp3) is 0.440. The summed E-state index contributed by atoms with van der Waals surface area (Å²) in [4.78, 5) is 29.1. The number of piperidine rings is 1. The van der Waals surface area contributed by atoms with E-state index in [-0.39, 0.29) is 46.8 Å². The van der Waals surface area contributed by atoms with Gasteiger partial charge in [-0.2, -0.15) is 13.5 Å². The van der Waals surface area contributed by atoms with Crippen LogP contribution in [0.25, 0.3) is 0 Å². The topological polar surface area (TPSA) is 119 Å². The van der Waals surface area contributed by atoms with Gasteiger partial charge >= 0.3 is 0 Å². The zero-order chi connectivity index (χ0) is 27.8. The van der Waals surface area contributed by atoms with Crippen molar-refractivity contribution in [3.05, 3.63) is 63.4 Å². The van der Waals surface area contributed by atoms with Gasteiger partial charge in [-0.05, 0) is 49.6 Å². The Kier molecular flexibility index (Phi) is 9.83. The van der Waals surface area contributed by atoms with E-state index in [0.717, 1.165) is 32.2 Å². The zero-order valence-corrected chi connectivity index (χ0v) is 24.7. The van der Waals surface area contributed by atoms with E-state index in [0.29, 0.717) is 18.8 Å². The van der Waals surface area contributed by atoms with Gasteiger partial charge in [-0.25, -0.2) is 17.5 Å². The number of nitrogens with one attached hydrogen (secondary N) is 2. The fourth-order valence-corrected chi connectivity index (χ4v) is 5.98. The number of rotatable bonds is 7. The summed E-state index contributed by atoms with van der Waals surface area (Å²) >= 11 is 12.4. The number of aliphatic hydroxyl groups is 1. The molecular formula is C25H31Cl2FN4O5S2. The van der Waals surface area contributed by atoms with Crippen LogP contribution in [0.2, 0.25) is 10.0 Å². The summed E-state index contributed by atoms with van der Waals surface area (Å²) in [7, 11) is -3.76. The van der Waals surface area contributed by atoms with E-state index in [1.807, 2.05) is 4.72 Å². The Labute approximate surface area is 244 Å². The average molecular weight is 622 g/mol. The smallest absolute Gasteiger partial charge is 0.267 e. The highest BCUT2D eigenvalue weighted by Crippen LogP contribution is 2.32. The van der Waals surface area contributed by atoms with Gasteiger partial charge in [-0.15, -0.1) is 0 Å². The summed E-state index contributed by atoms with van der Waals surface area (Å²) in [6.45, 7) is 3.89. The number of sulfonamides is 1. The molecule has 0 bridgehead atoms. The molecule has 2 aliphatic heterocycles. The Morgan fingerprint density at radius 1 is 1.10 bits per heavy atom. The summed E-state index contributed by atoms with van der Waals surface area (Å²) in [5.74, 6) is -1.84. The summed E-state index contributed by atoms with van der Waals surface area (Å²) < 4.78 is 38.1. The first-order chi connectivity index (χ1) is 17.7. The highest BCUT2D eigenvalue weighted by molar-refractivity contribution is 7.89. The van der Waals surface area contributed by atoms with Crippen molar-refractivity contribution in [2.75, 3.05) is 37.8 Å². The normalized spacial score (nSPS) is 18.5. The first kappa shape index (κ1) is 31.4. The highest BCUT2D eigenvalue weighted by atomic mass is 35.5. The molecule has 2 saturated heterocycles. The summed E-state index contributed by atoms with van der Waals surface area (Å²) in [6, 6.07) is 8.92. The molecule has 14 heteroatoms. The van der Waals surface area contributed by atoms with E-state index in [1.54, 1.807) is 11.0 Å². The second kappa shape index (κ2) is 12.2. The minimum atomic E-state index is -3.76. The van der Waals surface area contributed by atoms with Crippen LogP contribution in [0.15, 0.2) is 36.4 Å². The number of halogens is 3. The largest absolute Gasteiger partial charge is 0.380 e. The minimum Gasteiger partial charge on any atom is -0.380 e. The third-order valence-electron chi connectivity index (χ3n) is 6.90. The molecule has 0 radical (unpaired) electrons. The molecule has 0 spiro atoms. The number of benzene rings is 2. The third kappa shape index (κ3) is 7.36. The summed E-state index contributed by atoms with van der Waals surface area (Å²) in [5.41, 5.74) is -1.08. The van der Waals surface area contributed by atoms with Gasteiger partial charge in [-0.1, -0.05) is 35.3 Å². The SMILES string of the molecule is C[C@@](O)(C(=O)N1CCC(N2CC(Nc3cc(Cl)c(C(=O)NS(C)(=O)=O)c(Cl)c3)C2)CC1)c1cccc(F)c1.S. The number of amides is 2. The van der Waals surface area contributed by atoms with Gasteiger partial charge in [0.15, 0.2) is 5.60 Å². The lowest BCUT2D eigenvalue weighted by atomic mass is 9.92. The van der Waals surface area contributed by atoms with Crippen LogP contribution in [0, 0.1) is 5.82 Å². The van der Waals surface area contributed by atoms with Crippen molar-refractivity contribution in [3.63, 3.8) is 0 Å². The molecule has 2 aromatic carbocycles. The van der Waals surface area contributed by atoms with Crippen LogP contribution in [0.5, 0.6) is 0 Å². The van der Waals surface area contributed by atoms with Crippen molar-refractivity contribution in [3.8, 4) is 0 Å². The number of nitrogens with zero attached hydrogens (tertiary/aromatic N) is 2. The average Bonchev–Trinajstić information content (AvgIpc) is 2.79. The molecule has 1 atom stereocenters. The maximum atomic E-state index is 13.6. The maximum absolute atomic E-state index is 13.6. The minimum absolute atomic E-state index is 0. The zero-order valence-electron chi connectivity index (χ0n) is 21.4. The molecule has 0 saturated carbocycles. The summed E-state index contributed by atoms with van der Waals surface area (Å²) in [6.07, 6.45) is 2.36. The predicted molar refractivity (Wildman–Crippen MR) is 154 cm³/mol. The molecule has 214 valence electrons. The van der Waals surface area contributed by atoms with Gasteiger partial charge in [0.05, 0.1) is 27.9 Å². The van der Waals surface area contributed by atoms with E-state index < -0.39 is 33.3 Å². The first-order valence-electron chi connectivity index (χ1n) is 12.0. The number of carbonyl (C=O) groups is 2. The van der Waals surface area contributed by atoms with Crippen molar-refractivity contribution in [2.24, 2.45) is 0 Å². The van der Waals surface area contributed by atoms with Crippen LogP contribution < -0.4 is 10.0 Å². The van der Waals surface area contributed by atoms with E-state index in [9.17, 15) is 27.5 Å². The van der Waals surface area contributed by atoms with Gasteiger partial charge in [0.25, 0.3) is 11.8 Å². The number of hydrogen-bond acceptors (Lipinski definition) is 7. The van der Waals surface area contributed by atoms with Crippen molar-refractivity contribution in [1.29, 1.82) is 0 Å². The van der Waals surface area contributed by atoms with Crippen molar-refractivity contribution >= 4 is 64.2 Å². The van der Waals surface area contributed by atoms with Gasteiger partial charge in [-0.3, -0.25) is 14.5 Å². The Morgan fingerprint density at radius 2 is 1.69 bits per heavy atom. The second-order valence-electron chi connectivity index (χ2n) is 9.92. The van der Waals surface area contributed by atoms with E-state index in [2.05, 4.69) is 10.2 Å². The van der Waals surface area contributed by atoms with Crippen molar-refractivity contribution in [1.82, 2.24) is 14.5 Å². The second-order valence-corrected chi connectivity index (χ2v) is 12.5. The van der Waals surface area contributed by atoms with Gasteiger partial charge in [0, 0.05) is 37.9 Å². The molecule has 2 aromatic rings. The van der Waals surface area contributed by atoms with E-state index >= 15 is 0 Å². The third-order valence-corrected chi connectivity index (χ3v) is 8.05. The molecule has 0 aliphatic carbocycles. The van der Waals surface area contributed by atoms with Gasteiger partial charge in [0.1, 0.15) is 5.82 Å². The molecule has 4 rings (SSSR count). The van der Waals surface area contributed by atoms with Crippen molar-refractivity contribution < 1.29 is 27.5 Å². The Morgan fingerprint density at radius 3 is 2.23 bits per heavy atom. The van der Waals surface area contributed by atoms with Crippen LogP contribution in [-0.4, -0.2) is 79.7 Å². The number of likely N-dealkylation sites (tertiary alicyclic amines) is 2. The monoisotopic (exact) mass is 620 g/mol. The highest BCUT2D eigenvalue weighted by Gasteiger charge is 2.40. The molecule has 2 aliphatic rings. The van der Waals surface area contributed by atoms with E-state index in [1.165, 1.54) is 37.3 Å². The van der Waals surface area contributed by atoms with Crippen LogP contribution >= 0.6 is 36.7 Å². The van der Waals surface area contributed by atoms with Crippen LogP contribution in [0.3, 0.4) is 0 Å². The van der Waals surface area contributed by atoms with Crippen LogP contribution in [0.1, 0.15) is 35.7 Å². The molecular weight excluding hydrogens is 590 g/mol. The molecule has 2 amide bonds. The number of carbonyl (C=O) groups excluding carboxylic acids is 2. The van der Waals surface area contributed by atoms with E-state index in [4.69, 9.17) is 23.2 Å². The number of anilines is 1. The molecule has 0 unspecified atom stereocenters. The lowest BCUT2D eigenvalue weighted by molar-refractivity contribution is -0.152. The van der Waals surface area contributed by atoms with Gasteiger partial charge < -0.3 is 15.3 Å². The molecule has 2 fully saturated rings. The molecule has 2 heterocycles. The molecule has 39 heavy (non-hydrogen) atoms. The maximum Gasteiger partial charge on any atom is 0.267 e. The van der Waals surface area contributed by atoms with Gasteiger partial charge in [0.2, 0.25) is 10.0 Å². The molecule has 0 aromatic heterocycles. The lowest BCUT2D eigenvalue weighted by Gasteiger charge is -2.48.